The summed E-state index contributed by atoms with van der Waals surface area (Å²) in [5.74, 6) is 0.606. The second-order valence-corrected chi connectivity index (χ2v) is 6.35. The zero-order valence-electron chi connectivity index (χ0n) is 14.5. The summed E-state index contributed by atoms with van der Waals surface area (Å²) in [6, 6.07) is 9.68. The molecular formula is C18H26N4O2. The van der Waals surface area contributed by atoms with E-state index in [1.807, 2.05) is 37.3 Å². The number of nitrogens with one attached hydrogen (secondary N) is 1. The zero-order valence-corrected chi connectivity index (χ0v) is 14.5. The number of benzene rings is 1. The summed E-state index contributed by atoms with van der Waals surface area (Å²) in [4.78, 5) is 12.4. The van der Waals surface area contributed by atoms with Crippen LogP contribution >= 0.6 is 0 Å². The first-order chi connectivity index (χ1) is 11.5. The van der Waals surface area contributed by atoms with Gasteiger partial charge in [0.1, 0.15) is 0 Å². The fraction of sp³-hybridized carbons (Fsp3) is 0.444. The van der Waals surface area contributed by atoms with Gasteiger partial charge in [-0.2, -0.15) is 5.10 Å². The molecule has 1 aromatic carbocycles. The van der Waals surface area contributed by atoms with Gasteiger partial charge in [-0.25, -0.2) is 4.68 Å². The number of hydrogen-bond acceptors (Lipinski definition) is 4. The molecule has 0 fully saturated rings. The Labute approximate surface area is 143 Å². The van der Waals surface area contributed by atoms with Crippen LogP contribution in [-0.2, 0) is 0 Å². The van der Waals surface area contributed by atoms with Gasteiger partial charge in [0.05, 0.1) is 18.5 Å². The lowest BCUT2D eigenvalue weighted by Gasteiger charge is -2.09. The van der Waals surface area contributed by atoms with Gasteiger partial charge in [0.2, 0.25) is 0 Å². The third-order valence-electron chi connectivity index (χ3n) is 3.37. The lowest BCUT2D eigenvalue weighted by Crippen LogP contribution is -2.29. The van der Waals surface area contributed by atoms with E-state index in [4.69, 9.17) is 10.5 Å². The highest BCUT2D eigenvalue weighted by atomic mass is 16.5. The third kappa shape index (κ3) is 5.09. The molecule has 24 heavy (non-hydrogen) atoms. The van der Waals surface area contributed by atoms with Crippen LogP contribution in [0, 0.1) is 5.92 Å². The standard InChI is InChI=1S/C18H26N4O2/c1-13(2)12-24-16-11-22(15-7-5-4-6-8-15)21-17(16)18(23)20-10-9-14(3)19/h4-8,11,13-14H,9-10,12,19H2,1-3H3,(H,20,23). The van der Waals surface area contributed by atoms with Gasteiger partial charge in [-0.15, -0.1) is 0 Å². The number of ether oxygens (including phenoxy) is 1. The number of nitrogens with two attached hydrogens (primary N) is 1. The Hall–Kier alpha value is -2.34. The second kappa shape index (κ2) is 8.49. The number of nitrogens with zero attached hydrogens (tertiary/aromatic N) is 2. The molecule has 1 aromatic heterocycles. The van der Waals surface area contributed by atoms with E-state index in [0.717, 1.165) is 5.69 Å². The Morgan fingerprint density at radius 1 is 1.29 bits per heavy atom. The van der Waals surface area contributed by atoms with Gasteiger partial charge in [-0.1, -0.05) is 32.0 Å². The minimum Gasteiger partial charge on any atom is -0.489 e. The van der Waals surface area contributed by atoms with Crippen LogP contribution < -0.4 is 15.8 Å². The molecule has 0 bridgehead atoms. The normalized spacial score (nSPS) is 12.2. The van der Waals surface area contributed by atoms with Crippen molar-refractivity contribution in [1.29, 1.82) is 0 Å². The first kappa shape index (κ1) is 18.0. The highest BCUT2D eigenvalue weighted by Crippen LogP contribution is 2.20. The monoisotopic (exact) mass is 330 g/mol. The van der Waals surface area contributed by atoms with Crippen molar-refractivity contribution in [2.75, 3.05) is 13.2 Å². The first-order valence-corrected chi connectivity index (χ1v) is 8.29. The molecule has 0 saturated heterocycles. The van der Waals surface area contributed by atoms with Gasteiger partial charge >= 0.3 is 0 Å². The van der Waals surface area contributed by atoms with Crippen LogP contribution in [0.25, 0.3) is 5.69 Å². The number of hydrogen-bond donors (Lipinski definition) is 2. The van der Waals surface area contributed by atoms with Crippen molar-refractivity contribution in [3.8, 4) is 11.4 Å². The van der Waals surface area contributed by atoms with Gasteiger partial charge in [-0.3, -0.25) is 4.79 Å². The molecule has 2 rings (SSSR count). The maximum atomic E-state index is 12.4. The summed E-state index contributed by atoms with van der Waals surface area (Å²) >= 11 is 0. The number of para-hydroxylation sites is 1. The Morgan fingerprint density at radius 3 is 2.62 bits per heavy atom. The van der Waals surface area contributed by atoms with Crippen molar-refractivity contribution in [3.63, 3.8) is 0 Å². The van der Waals surface area contributed by atoms with Crippen molar-refractivity contribution in [2.45, 2.75) is 33.2 Å². The topological polar surface area (TPSA) is 82.2 Å². The van der Waals surface area contributed by atoms with Gasteiger partial charge in [0.15, 0.2) is 11.4 Å². The molecular weight excluding hydrogens is 304 g/mol. The molecule has 0 saturated carbocycles. The largest absolute Gasteiger partial charge is 0.489 e. The van der Waals surface area contributed by atoms with Crippen LogP contribution in [-0.4, -0.2) is 34.9 Å². The number of rotatable bonds is 8. The molecule has 1 amide bonds. The van der Waals surface area contributed by atoms with E-state index in [0.29, 0.717) is 36.9 Å². The Bertz CT molecular complexity index is 650. The minimum absolute atomic E-state index is 0.0452. The smallest absolute Gasteiger partial charge is 0.275 e. The van der Waals surface area contributed by atoms with Crippen molar-refractivity contribution in [2.24, 2.45) is 11.7 Å². The Morgan fingerprint density at radius 2 is 2.00 bits per heavy atom. The van der Waals surface area contributed by atoms with Crippen molar-refractivity contribution in [3.05, 3.63) is 42.2 Å². The minimum atomic E-state index is -0.246. The predicted octanol–water partition coefficient (Wildman–Crippen LogP) is 2.37. The Balaban J connectivity index is 2.19. The highest BCUT2D eigenvalue weighted by Gasteiger charge is 2.19. The van der Waals surface area contributed by atoms with Gasteiger partial charge in [-0.05, 0) is 31.4 Å². The van der Waals surface area contributed by atoms with E-state index in [9.17, 15) is 4.79 Å². The number of carbonyl (C=O) groups excluding carboxylic acids is 1. The zero-order chi connectivity index (χ0) is 17.5. The average molecular weight is 330 g/mol. The quantitative estimate of drug-likeness (QED) is 0.778. The van der Waals surface area contributed by atoms with Gasteiger partial charge in [0.25, 0.3) is 5.91 Å². The van der Waals surface area contributed by atoms with Crippen LogP contribution in [0.15, 0.2) is 36.5 Å². The maximum absolute atomic E-state index is 12.4. The molecule has 0 spiro atoms. The molecule has 130 valence electrons. The van der Waals surface area contributed by atoms with Crippen LogP contribution in [0.1, 0.15) is 37.7 Å². The van der Waals surface area contributed by atoms with Crippen LogP contribution in [0.4, 0.5) is 0 Å². The van der Waals surface area contributed by atoms with E-state index < -0.39 is 0 Å². The van der Waals surface area contributed by atoms with Gasteiger partial charge in [0, 0.05) is 12.6 Å². The molecule has 6 nitrogen and oxygen atoms in total. The third-order valence-corrected chi connectivity index (χ3v) is 3.37. The summed E-state index contributed by atoms with van der Waals surface area (Å²) in [5, 5.41) is 7.25. The van der Waals surface area contributed by atoms with Crippen molar-refractivity contribution >= 4 is 5.91 Å². The molecule has 3 N–H and O–H groups in total. The fourth-order valence-electron chi connectivity index (χ4n) is 2.09. The lowest BCUT2D eigenvalue weighted by atomic mass is 10.2. The average Bonchev–Trinajstić information content (AvgIpc) is 2.97. The molecule has 0 aliphatic heterocycles. The summed E-state index contributed by atoms with van der Waals surface area (Å²) in [6.07, 6.45) is 2.46. The first-order valence-electron chi connectivity index (χ1n) is 8.29. The van der Waals surface area contributed by atoms with Crippen LogP contribution in [0.2, 0.25) is 0 Å². The lowest BCUT2D eigenvalue weighted by molar-refractivity contribution is 0.0942. The SMILES string of the molecule is CC(C)COc1cn(-c2ccccc2)nc1C(=O)NCCC(C)N. The number of aromatic nitrogens is 2. The summed E-state index contributed by atoms with van der Waals surface area (Å²) < 4.78 is 7.44. The Kier molecular flexibility index (Phi) is 6.37. The highest BCUT2D eigenvalue weighted by molar-refractivity contribution is 5.94. The molecule has 1 atom stereocenters. The van der Waals surface area contributed by atoms with Crippen LogP contribution in [0.3, 0.4) is 0 Å². The maximum Gasteiger partial charge on any atom is 0.275 e. The number of amides is 1. The molecule has 0 aliphatic carbocycles. The molecule has 1 unspecified atom stereocenters. The van der Waals surface area contributed by atoms with E-state index >= 15 is 0 Å². The van der Waals surface area contributed by atoms with Crippen molar-refractivity contribution in [1.82, 2.24) is 15.1 Å². The van der Waals surface area contributed by atoms with E-state index in [2.05, 4.69) is 24.3 Å². The summed E-state index contributed by atoms with van der Waals surface area (Å²) in [6.45, 7) is 7.07. The predicted molar refractivity (Wildman–Crippen MR) is 94.5 cm³/mol. The molecule has 0 radical (unpaired) electrons. The summed E-state index contributed by atoms with van der Waals surface area (Å²) in [5.41, 5.74) is 6.88. The summed E-state index contributed by atoms with van der Waals surface area (Å²) in [7, 11) is 0. The van der Waals surface area contributed by atoms with Crippen LogP contribution in [0.5, 0.6) is 5.75 Å². The van der Waals surface area contributed by atoms with E-state index in [1.165, 1.54) is 0 Å². The van der Waals surface area contributed by atoms with E-state index in [-0.39, 0.29) is 11.9 Å². The molecule has 2 aromatic rings. The fourth-order valence-corrected chi connectivity index (χ4v) is 2.09. The number of carbonyl (C=O) groups is 1. The van der Waals surface area contributed by atoms with E-state index in [1.54, 1.807) is 10.9 Å². The molecule has 0 aliphatic rings. The van der Waals surface area contributed by atoms with Gasteiger partial charge < -0.3 is 15.8 Å². The molecule has 1 heterocycles. The van der Waals surface area contributed by atoms with Crippen molar-refractivity contribution < 1.29 is 9.53 Å². The molecule has 6 heteroatoms. The second-order valence-electron chi connectivity index (χ2n) is 6.35.